The van der Waals surface area contributed by atoms with Crippen molar-refractivity contribution in [2.75, 3.05) is 10.2 Å². The van der Waals surface area contributed by atoms with Gasteiger partial charge in [0.15, 0.2) is 0 Å². The minimum Gasteiger partial charge on any atom is -0.324 e. The van der Waals surface area contributed by atoms with Crippen LogP contribution in [0, 0.1) is 0 Å². The molecule has 0 aliphatic carbocycles. The van der Waals surface area contributed by atoms with Crippen LogP contribution in [0.4, 0.5) is 11.4 Å². The van der Waals surface area contributed by atoms with Gasteiger partial charge in [-0.2, -0.15) is 0 Å². The summed E-state index contributed by atoms with van der Waals surface area (Å²) in [5.41, 5.74) is 2.64. The van der Waals surface area contributed by atoms with Gasteiger partial charge in [0.1, 0.15) is 6.54 Å². The van der Waals surface area contributed by atoms with Crippen LogP contribution >= 0.6 is 0 Å². The van der Waals surface area contributed by atoms with Gasteiger partial charge in [-0.25, -0.2) is 4.79 Å². The van der Waals surface area contributed by atoms with Crippen molar-refractivity contribution in [2.24, 2.45) is 0 Å². The molecule has 1 aromatic heterocycles. The molecule has 1 aliphatic rings. The first-order valence-corrected chi connectivity index (χ1v) is 9.90. The smallest absolute Gasteiger partial charge is 0.324 e. The van der Waals surface area contributed by atoms with Gasteiger partial charge in [-0.1, -0.05) is 31.2 Å². The Morgan fingerprint density at radius 3 is 2.41 bits per heavy atom. The van der Waals surface area contributed by atoms with Crippen LogP contribution in [0.25, 0.3) is 11.0 Å². The molecule has 1 unspecified atom stereocenters. The Balaban J connectivity index is 1.76. The minimum absolute atomic E-state index is 0.0804. The summed E-state index contributed by atoms with van der Waals surface area (Å²) in [6, 6.07) is 14.5. The van der Waals surface area contributed by atoms with Crippen LogP contribution in [0.15, 0.2) is 53.3 Å². The quantitative estimate of drug-likeness (QED) is 0.742. The van der Waals surface area contributed by atoms with Crippen LogP contribution in [0.1, 0.15) is 26.7 Å². The maximum atomic E-state index is 13.4. The van der Waals surface area contributed by atoms with Crippen molar-refractivity contribution in [3.63, 3.8) is 0 Å². The number of aromatic nitrogens is 2. The molecule has 0 bridgehead atoms. The molecule has 0 radical (unpaired) electrons. The Kier molecular flexibility index (Phi) is 4.96. The lowest BCUT2D eigenvalue weighted by Crippen LogP contribution is -2.42. The van der Waals surface area contributed by atoms with Crippen molar-refractivity contribution >= 4 is 34.2 Å². The molecule has 7 nitrogen and oxygen atoms in total. The summed E-state index contributed by atoms with van der Waals surface area (Å²) in [6.45, 7) is 4.39. The van der Waals surface area contributed by atoms with Crippen LogP contribution in [0.2, 0.25) is 0 Å². The number of rotatable bonds is 4. The lowest BCUT2D eigenvalue weighted by atomic mass is 10.1. The predicted octanol–water partition coefficient (Wildman–Crippen LogP) is 2.98. The van der Waals surface area contributed by atoms with E-state index in [1.807, 2.05) is 56.3 Å². The van der Waals surface area contributed by atoms with Crippen molar-refractivity contribution < 1.29 is 9.59 Å². The molecule has 3 aromatic rings. The number of fused-ring (bicyclic) bond motifs is 2. The molecular formula is C22H24N4O3. The van der Waals surface area contributed by atoms with Crippen LogP contribution < -0.4 is 15.9 Å². The maximum absolute atomic E-state index is 13.4. The Labute approximate surface area is 168 Å². The highest BCUT2D eigenvalue weighted by Crippen LogP contribution is 2.31. The Hall–Kier alpha value is -3.35. The van der Waals surface area contributed by atoms with Crippen molar-refractivity contribution in [3.8, 4) is 0 Å². The molecule has 0 saturated carbocycles. The summed E-state index contributed by atoms with van der Waals surface area (Å²) < 4.78 is 3.25. The number of nitrogens with one attached hydrogen (secondary N) is 1. The first-order valence-electron chi connectivity index (χ1n) is 9.90. The van der Waals surface area contributed by atoms with Crippen LogP contribution in [0.5, 0.6) is 0 Å². The number of benzene rings is 2. The fourth-order valence-electron chi connectivity index (χ4n) is 4.04. The van der Waals surface area contributed by atoms with Gasteiger partial charge in [-0.05, 0) is 37.6 Å². The second-order valence-corrected chi connectivity index (χ2v) is 7.39. The van der Waals surface area contributed by atoms with Crippen LogP contribution in [-0.2, 0) is 22.7 Å². The summed E-state index contributed by atoms with van der Waals surface area (Å²) in [5, 5.41) is 2.86. The van der Waals surface area contributed by atoms with E-state index in [1.165, 1.54) is 4.57 Å². The Morgan fingerprint density at radius 1 is 1.03 bits per heavy atom. The highest BCUT2D eigenvalue weighted by molar-refractivity contribution is 6.04. The van der Waals surface area contributed by atoms with E-state index in [4.69, 9.17) is 0 Å². The van der Waals surface area contributed by atoms with E-state index in [0.29, 0.717) is 17.9 Å². The zero-order valence-corrected chi connectivity index (χ0v) is 16.6. The van der Waals surface area contributed by atoms with E-state index in [1.54, 1.807) is 15.5 Å². The van der Waals surface area contributed by atoms with Gasteiger partial charge < -0.3 is 10.2 Å². The molecule has 2 heterocycles. The average Bonchev–Trinajstić information content (AvgIpc) is 2.87. The van der Waals surface area contributed by atoms with Crippen molar-refractivity contribution in [2.45, 2.75) is 45.8 Å². The topological polar surface area (TPSA) is 76.3 Å². The monoisotopic (exact) mass is 392 g/mol. The standard InChI is InChI=1S/C22H24N4O3/c1-3-12-24-18-10-6-7-11-19(18)25(22(24)29)14-21(28)26-15(2)13-20(27)23-16-8-4-5-9-17(16)26/h4-11,15H,3,12-14H2,1-2H3,(H,23,27). The lowest BCUT2D eigenvalue weighted by Gasteiger charge is -2.28. The van der Waals surface area contributed by atoms with Crippen molar-refractivity contribution in [1.29, 1.82) is 0 Å². The number of anilines is 2. The first kappa shape index (κ1) is 19.0. The molecule has 29 heavy (non-hydrogen) atoms. The number of hydrogen-bond acceptors (Lipinski definition) is 3. The van der Waals surface area contributed by atoms with Gasteiger partial charge in [-0.3, -0.25) is 18.7 Å². The highest BCUT2D eigenvalue weighted by Gasteiger charge is 2.30. The second kappa shape index (κ2) is 7.58. The van der Waals surface area contributed by atoms with Crippen LogP contribution in [0.3, 0.4) is 0 Å². The number of carbonyl (C=O) groups is 2. The number of hydrogen-bond donors (Lipinski definition) is 1. The minimum atomic E-state index is -0.314. The van der Waals surface area contributed by atoms with E-state index in [9.17, 15) is 14.4 Å². The molecule has 1 N–H and O–H groups in total. The molecule has 1 aliphatic heterocycles. The van der Waals surface area contributed by atoms with E-state index < -0.39 is 0 Å². The fraction of sp³-hybridized carbons (Fsp3) is 0.318. The maximum Gasteiger partial charge on any atom is 0.329 e. The summed E-state index contributed by atoms with van der Waals surface area (Å²) in [7, 11) is 0. The number of imidazole rings is 1. The van der Waals surface area contributed by atoms with Gasteiger partial charge in [-0.15, -0.1) is 0 Å². The molecule has 0 fully saturated rings. The van der Waals surface area contributed by atoms with E-state index in [2.05, 4.69) is 5.32 Å². The lowest BCUT2D eigenvalue weighted by molar-refractivity contribution is -0.119. The molecule has 1 atom stereocenters. The van der Waals surface area contributed by atoms with Gasteiger partial charge in [0.25, 0.3) is 0 Å². The third-order valence-corrected chi connectivity index (χ3v) is 5.29. The third kappa shape index (κ3) is 3.33. The van der Waals surface area contributed by atoms with Gasteiger partial charge in [0, 0.05) is 19.0 Å². The molecule has 2 amide bonds. The molecule has 4 rings (SSSR count). The number of nitrogens with zero attached hydrogens (tertiary/aromatic N) is 3. The highest BCUT2D eigenvalue weighted by atomic mass is 16.2. The number of carbonyl (C=O) groups excluding carboxylic acids is 2. The zero-order chi connectivity index (χ0) is 20.5. The SMILES string of the molecule is CCCn1c(=O)n(CC(=O)N2c3ccccc3NC(=O)CC2C)c2ccccc21. The summed E-state index contributed by atoms with van der Waals surface area (Å²) >= 11 is 0. The average molecular weight is 392 g/mol. The summed E-state index contributed by atoms with van der Waals surface area (Å²) in [5.74, 6) is -0.347. The van der Waals surface area contributed by atoms with Crippen molar-refractivity contribution in [1.82, 2.24) is 9.13 Å². The van der Waals surface area contributed by atoms with Gasteiger partial charge in [0.2, 0.25) is 11.8 Å². The van der Waals surface area contributed by atoms with Crippen LogP contribution in [-0.4, -0.2) is 27.0 Å². The normalized spacial score (nSPS) is 16.4. The molecule has 0 saturated heterocycles. The van der Waals surface area contributed by atoms with E-state index in [-0.39, 0.29) is 36.5 Å². The Morgan fingerprint density at radius 2 is 1.69 bits per heavy atom. The molecule has 150 valence electrons. The van der Waals surface area contributed by atoms with Crippen molar-refractivity contribution in [3.05, 3.63) is 59.0 Å². The first-order chi connectivity index (χ1) is 14.0. The predicted molar refractivity (Wildman–Crippen MR) is 113 cm³/mol. The third-order valence-electron chi connectivity index (χ3n) is 5.29. The number of aryl methyl sites for hydroxylation is 1. The molecule has 7 heteroatoms. The van der Waals surface area contributed by atoms with Gasteiger partial charge in [0.05, 0.1) is 22.4 Å². The second-order valence-electron chi connectivity index (χ2n) is 7.39. The summed E-state index contributed by atoms with van der Waals surface area (Å²) in [6.07, 6.45) is 1.03. The number of para-hydroxylation sites is 4. The molecule has 2 aromatic carbocycles. The zero-order valence-electron chi connectivity index (χ0n) is 16.6. The Bertz CT molecular complexity index is 1140. The van der Waals surface area contributed by atoms with E-state index >= 15 is 0 Å². The largest absolute Gasteiger partial charge is 0.329 e. The molecular weight excluding hydrogens is 368 g/mol. The van der Waals surface area contributed by atoms with E-state index in [0.717, 1.165) is 17.5 Å². The number of amides is 2. The molecule has 0 spiro atoms. The van der Waals surface area contributed by atoms with Gasteiger partial charge >= 0.3 is 5.69 Å². The fourth-order valence-corrected chi connectivity index (χ4v) is 4.04. The summed E-state index contributed by atoms with van der Waals surface area (Å²) in [4.78, 5) is 40.2.